The molecule has 1 N–H and O–H groups in total. The first-order valence-electron chi connectivity index (χ1n) is 6.13. The number of carbonyl (C=O) groups is 1. The maximum Gasteiger partial charge on any atom is 0.265 e. The molecule has 0 radical (unpaired) electrons. The first kappa shape index (κ1) is 11.5. The second-order valence-electron chi connectivity index (χ2n) is 4.59. The number of carbonyl (C=O) groups excluding carboxylic acids is 1. The van der Waals surface area contributed by atoms with Gasteiger partial charge in [0.1, 0.15) is 0 Å². The first-order chi connectivity index (χ1) is 9.18. The van der Waals surface area contributed by atoms with E-state index in [4.69, 9.17) is 0 Å². The fraction of sp³-hybridized carbons (Fsp3) is 0.0625. The summed E-state index contributed by atoms with van der Waals surface area (Å²) < 4.78 is 1.82. The molecule has 3 nitrogen and oxygen atoms in total. The lowest BCUT2D eigenvalue weighted by molar-refractivity contribution is -0.113. The molecular formula is C16H14N2O. The molecule has 3 aromatic rings. The highest BCUT2D eigenvalue weighted by Gasteiger charge is 2.11. The minimum atomic E-state index is -0.175. The topological polar surface area (TPSA) is 34.0 Å². The molecule has 3 heteroatoms. The summed E-state index contributed by atoms with van der Waals surface area (Å²) in [5.74, 6) is -0.175. The fourth-order valence-electron chi connectivity index (χ4n) is 2.24. The quantitative estimate of drug-likeness (QED) is 0.694. The molecule has 3 rings (SSSR count). The minimum Gasteiger partial charge on any atom is -0.268 e. The number of para-hydroxylation sites is 2. The molecule has 0 saturated carbocycles. The van der Waals surface area contributed by atoms with Gasteiger partial charge in [-0.1, -0.05) is 43.0 Å². The molecule has 94 valence electrons. The predicted octanol–water partition coefficient (Wildman–Crippen LogP) is 3.44. The average molecular weight is 250 g/mol. The largest absolute Gasteiger partial charge is 0.268 e. The molecule has 0 atom stereocenters. The Bertz CT molecular complexity index is 745. The molecule has 19 heavy (non-hydrogen) atoms. The van der Waals surface area contributed by atoms with Gasteiger partial charge in [0.2, 0.25) is 0 Å². The average Bonchev–Trinajstić information content (AvgIpc) is 2.74. The highest BCUT2D eigenvalue weighted by atomic mass is 16.2. The van der Waals surface area contributed by atoms with E-state index in [2.05, 4.69) is 24.1 Å². The molecule has 0 saturated heterocycles. The van der Waals surface area contributed by atoms with Gasteiger partial charge < -0.3 is 0 Å². The van der Waals surface area contributed by atoms with Gasteiger partial charge in [-0.15, -0.1) is 0 Å². The van der Waals surface area contributed by atoms with E-state index in [1.165, 1.54) is 0 Å². The number of nitrogens with zero attached hydrogens (tertiary/aromatic N) is 1. The van der Waals surface area contributed by atoms with E-state index in [1.807, 2.05) is 41.1 Å². The Hall–Kier alpha value is -2.55. The molecule has 1 amide bonds. The number of fused-ring (bicyclic) bond motifs is 3. The number of rotatable bonds is 2. The first-order valence-corrected chi connectivity index (χ1v) is 6.13. The van der Waals surface area contributed by atoms with E-state index in [-0.39, 0.29) is 5.91 Å². The smallest absolute Gasteiger partial charge is 0.265 e. The van der Waals surface area contributed by atoms with Gasteiger partial charge in [-0.3, -0.25) is 14.9 Å². The van der Waals surface area contributed by atoms with Crippen molar-refractivity contribution < 1.29 is 4.79 Å². The molecule has 2 aromatic carbocycles. The lowest BCUT2D eigenvalue weighted by Crippen LogP contribution is -2.22. The van der Waals surface area contributed by atoms with Crippen LogP contribution in [0.15, 0.2) is 60.7 Å². The summed E-state index contributed by atoms with van der Waals surface area (Å²) >= 11 is 0. The Kier molecular flexibility index (Phi) is 2.60. The van der Waals surface area contributed by atoms with Crippen molar-refractivity contribution in [3.8, 4) is 0 Å². The maximum atomic E-state index is 11.9. The van der Waals surface area contributed by atoms with Crippen LogP contribution in [0.5, 0.6) is 0 Å². The molecule has 1 heterocycles. The van der Waals surface area contributed by atoms with Crippen LogP contribution in [0.4, 0.5) is 0 Å². The maximum absolute atomic E-state index is 11.9. The summed E-state index contributed by atoms with van der Waals surface area (Å²) in [5, 5.41) is 2.25. The van der Waals surface area contributed by atoms with Crippen molar-refractivity contribution in [2.45, 2.75) is 6.92 Å². The third-order valence-corrected chi connectivity index (χ3v) is 3.18. The van der Waals surface area contributed by atoms with Gasteiger partial charge in [-0.25, -0.2) is 0 Å². The van der Waals surface area contributed by atoms with Crippen LogP contribution in [0.25, 0.3) is 21.8 Å². The standard InChI is InChI=1S/C16H14N2O/c1-11(2)16(19)17-18-14-9-5-3-7-12(14)13-8-4-6-10-15(13)18/h3-10H,1H2,2H3,(H,17,19). The molecule has 0 fully saturated rings. The van der Waals surface area contributed by atoms with E-state index in [0.717, 1.165) is 21.8 Å². The van der Waals surface area contributed by atoms with Gasteiger partial charge in [0.15, 0.2) is 0 Å². The molecule has 0 aliphatic rings. The minimum absolute atomic E-state index is 0.175. The van der Waals surface area contributed by atoms with E-state index in [1.54, 1.807) is 6.92 Å². The normalized spacial score (nSPS) is 10.8. The Morgan fingerprint density at radius 3 is 1.95 bits per heavy atom. The van der Waals surface area contributed by atoms with Gasteiger partial charge >= 0.3 is 0 Å². The number of aromatic nitrogens is 1. The van der Waals surface area contributed by atoms with Gasteiger partial charge in [-0.05, 0) is 19.1 Å². The summed E-state index contributed by atoms with van der Waals surface area (Å²) in [6.45, 7) is 5.37. The second kappa shape index (κ2) is 4.28. The van der Waals surface area contributed by atoms with Crippen molar-refractivity contribution in [3.63, 3.8) is 0 Å². The van der Waals surface area contributed by atoms with E-state index in [9.17, 15) is 4.79 Å². The number of amides is 1. The third-order valence-electron chi connectivity index (χ3n) is 3.18. The Morgan fingerprint density at radius 2 is 1.47 bits per heavy atom. The van der Waals surface area contributed by atoms with E-state index in [0.29, 0.717) is 5.57 Å². The van der Waals surface area contributed by atoms with Crippen LogP contribution in [-0.2, 0) is 4.79 Å². The zero-order valence-electron chi connectivity index (χ0n) is 10.7. The highest BCUT2D eigenvalue weighted by molar-refractivity contribution is 6.10. The van der Waals surface area contributed by atoms with Crippen LogP contribution in [0.3, 0.4) is 0 Å². The Morgan fingerprint density at radius 1 is 1.00 bits per heavy atom. The van der Waals surface area contributed by atoms with E-state index < -0.39 is 0 Å². The summed E-state index contributed by atoms with van der Waals surface area (Å²) in [7, 11) is 0. The highest BCUT2D eigenvalue weighted by Crippen LogP contribution is 2.27. The number of benzene rings is 2. The Balaban J connectivity index is 2.30. The van der Waals surface area contributed by atoms with Gasteiger partial charge in [0, 0.05) is 16.3 Å². The molecule has 0 aliphatic carbocycles. The van der Waals surface area contributed by atoms with Crippen molar-refractivity contribution in [1.82, 2.24) is 4.68 Å². The summed E-state index contributed by atoms with van der Waals surface area (Å²) in [6, 6.07) is 16.0. The van der Waals surface area contributed by atoms with Gasteiger partial charge in [0.25, 0.3) is 5.91 Å². The molecular weight excluding hydrogens is 236 g/mol. The molecule has 0 aliphatic heterocycles. The molecule has 0 unspecified atom stereocenters. The monoisotopic (exact) mass is 250 g/mol. The predicted molar refractivity (Wildman–Crippen MR) is 78.6 cm³/mol. The van der Waals surface area contributed by atoms with Crippen molar-refractivity contribution in [2.24, 2.45) is 0 Å². The zero-order valence-corrected chi connectivity index (χ0v) is 10.7. The van der Waals surface area contributed by atoms with Crippen LogP contribution >= 0.6 is 0 Å². The fourth-order valence-corrected chi connectivity index (χ4v) is 2.24. The number of nitrogens with one attached hydrogen (secondary N) is 1. The van der Waals surface area contributed by atoms with Gasteiger partial charge in [-0.2, -0.15) is 0 Å². The lowest BCUT2D eigenvalue weighted by Gasteiger charge is -2.09. The van der Waals surface area contributed by atoms with Gasteiger partial charge in [0.05, 0.1) is 11.0 Å². The number of hydrogen-bond acceptors (Lipinski definition) is 1. The van der Waals surface area contributed by atoms with Crippen molar-refractivity contribution >= 4 is 27.7 Å². The van der Waals surface area contributed by atoms with Crippen LogP contribution in [0, 0.1) is 0 Å². The van der Waals surface area contributed by atoms with Crippen LogP contribution in [0.2, 0.25) is 0 Å². The lowest BCUT2D eigenvalue weighted by atomic mass is 10.2. The molecule has 0 spiro atoms. The SMILES string of the molecule is C=C(C)C(=O)Nn1c2ccccc2c2ccccc21. The Labute approximate surface area is 111 Å². The van der Waals surface area contributed by atoms with Crippen LogP contribution in [-0.4, -0.2) is 10.6 Å². The second-order valence-corrected chi connectivity index (χ2v) is 4.59. The van der Waals surface area contributed by atoms with Crippen molar-refractivity contribution in [1.29, 1.82) is 0 Å². The summed E-state index contributed by atoms with van der Waals surface area (Å²) in [5.41, 5.74) is 5.34. The van der Waals surface area contributed by atoms with Crippen LogP contribution < -0.4 is 5.43 Å². The van der Waals surface area contributed by atoms with E-state index >= 15 is 0 Å². The number of hydrogen-bond donors (Lipinski definition) is 1. The van der Waals surface area contributed by atoms with Crippen molar-refractivity contribution in [3.05, 3.63) is 60.7 Å². The van der Waals surface area contributed by atoms with Crippen molar-refractivity contribution in [2.75, 3.05) is 5.43 Å². The molecule has 1 aromatic heterocycles. The zero-order chi connectivity index (χ0) is 13.4. The molecule has 0 bridgehead atoms. The van der Waals surface area contributed by atoms with Crippen LogP contribution in [0.1, 0.15) is 6.92 Å². The third kappa shape index (κ3) is 1.80. The summed E-state index contributed by atoms with van der Waals surface area (Å²) in [6.07, 6.45) is 0. The summed E-state index contributed by atoms with van der Waals surface area (Å²) in [4.78, 5) is 11.9.